The molecule has 1 aromatic rings. The van der Waals surface area contributed by atoms with Crippen molar-refractivity contribution in [1.29, 1.82) is 0 Å². The number of esters is 1. The first kappa shape index (κ1) is 15.5. The summed E-state index contributed by atoms with van der Waals surface area (Å²) in [4.78, 5) is 24.4. The van der Waals surface area contributed by atoms with Crippen molar-refractivity contribution in [3.63, 3.8) is 0 Å². The average Bonchev–Trinajstić information content (AvgIpc) is 2.47. The molecule has 7 nitrogen and oxygen atoms in total. The normalized spacial score (nSPS) is 18.4. The first-order chi connectivity index (χ1) is 10.1. The molecule has 0 spiro atoms. The van der Waals surface area contributed by atoms with Crippen molar-refractivity contribution in [3.8, 4) is 0 Å². The van der Waals surface area contributed by atoms with E-state index in [9.17, 15) is 14.9 Å². The fourth-order valence-corrected chi connectivity index (χ4v) is 2.63. The van der Waals surface area contributed by atoms with E-state index in [1.54, 1.807) is 17.9 Å². The van der Waals surface area contributed by atoms with Gasteiger partial charge in [0.05, 0.1) is 16.6 Å². The number of piperazine rings is 1. The van der Waals surface area contributed by atoms with Gasteiger partial charge in [-0.1, -0.05) is 17.7 Å². The summed E-state index contributed by atoms with van der Waals surface area (Å²) in [6, 6.07) is 3.85. The summed E-state index contributed by atoms with van der Waals surface area (Å²) in [5.41, 5.74) is 0.155. The summed E-state index contributed by atoms with van der Waals surface area (Å²) in [5.74, 6) is -0.418. The van der Waals surface area contributed by atoms with Crippen molar-refractivity contribution in [3.05, 3.63) is 33.3 Å². The van der Waals surface area contributed by atoms with E-state index in [2.05, 4.69) is 5.32 Å². The van der Waals surface area contributed by atoms with E-state index < -0.39 is 16.9 Å². The number of hydrogen-bond donors (Lipinski definition) is 1. The highest BCUT2D eigenvalue weighted by Crippen LogP contribution is 2.36. The maximum Gasteiger partial charge on any atom is 0.330 e. The standard InChI is InChI=1S/C13H16ClN3O4/c1-2-21-13(18)11-8-15-6-7-16(11)12-9(14)4-3-5-10(12)17(19)20/h3-5,11,15H,2,6-8H2,1H3. The fraction of sp³-hybridized carbons (Fsp3) is 0.462. The van der Waals surface area contributed by atoms with Gasteiger partial charge in [0.15, 0.2) is 0 Å². The number of carbonyl (C=O) groups excluding carboxylic acids is 1. The van der Waals surface area contributed by atoms with Crippen molar-refractivity contribution in [2.75, 3.05) is 31.1 Å². The van der Waals surface area contributed by atoms with E-state index >= 15 is 0 Å². The van der Waals surface area contributed by atoms with Gasteiger partial charge in [-0.2, -0.15) is 0 Å². The zero-order chi connectivity index (χ0) is 15.4. The smallest absolute Gasteiger partial charge is 0.330 e. The predicted octanol–water partition coefficient (Wildman–Crippen LogP) is 1.59. The largest absolute Gasteiger partial charge is 0.464 e. The molecule has 0 bridgehead atoms. The molecule has 0 radical (unpaired) electrons. The minimum atomic E-state index is -0.628. The van der Waals surface area contributed by atoms with Gasteiger partial charge in [0.25, 0.3) is 5.69 Å². The topological polar surface area (TPSA) is 84.7 Å². The lowest BCUT2D eigenvalue weighted by Gasteiger charge is -2.36. The number of nitro benzene ring substituents is 1. The van der Waals surface area contributed by atoms with Gasteiger partial charge in [-0.3, -0.25) is 10.1 Å². The zero-order valence-corrected chi connectivity index (χ0v) is 12.3. The highest BCUT2D eigenvalue weighted by molar-refractivity contribution is 6.33. The molecule has 1 saturated heterocycles. The summed E-state index contributed by atoms with van der Waals surface area (Å²) in [7, 11) is 0. The van der Waals surface area contributed by atoms with Crippen LogP contribution in [0.1, 0.15) is 6.92 Å². The summed E-state index contributed by atoms with van der Waals surface area (Å²) in [5, 5.41) is 14.5. The Hall–Kier alpha value is -1.86. The minimum absolute atomic E-state index is 0.112. The van der Waals surface area contributed by atoms with E-state index in [1.807, 2.05) is 0 Å². The monoisotopic (exact) mass is 313 g/mol. The predicted molar refractivity (Wildman–Crippen MR) is 78.7 cm³/mol. The third kappa shape index (κ3) is 3.25. The molecule has 1 aliphatic rings. The van der Waals surface area contributed by atoms with Crippen molar-refractivity contribution >= 4 is 28.9 Å². The second-order valence-electron chi connectivity index (χ2n) is 4.53. The molecule has 1 aliphatic heterocycles. The summed E-state index contributed by atoms with van der Waals surface area (Å²) >= 11 is 6.14. The van der Waals surface area contributed by atoms with Crippen LogP contribution < -0.4 is 10.2 Å². The van der Waals surface area contributed by atoms with Crippen LogP contribution in [0.2, 0.25) is 5.02 Å². The Morgan fingerprint density at radius 2 is 2.38 bits per heavy atom. The summed E-state index contributed by atoms with van der Waals surface area (Å²) in [6.45, 7) is 3.39. The third-order valence-corrected chi connectivity index (χ3v) is 3.56. The van der Waals surface area contributed by atoms with Gasteiger partial charge in [-0.05, 0) is 13.0 Å². The van der Waals surface area contributed by atoms with Crippen molar-refractivity contribution < 1.29 is 14.5 Å². The molecule has 2 rings (SSSR count). The Balaban J connectivity index is 2.42. The van der Waals surface area contributed by atoms with Crippen LogP contribution in [0.25, 0.3) is 0 Å². The molecule has 0 aliphatic carbocycles. The second kappa shape index (κ2) is 6.73. The van der Waals surface area contributed by atoms with E-state index in [-0.39, 0.29) is 23.0 Å². The minimum Gasteiger partial charge on any atom is -0.464 e. The van der Waals surface area contributed by atoms with Crippen LogP contribution in [0.15, 0.2) is 18.2 Å². The van der Waals surface area contributed by atoms with Crippen LogP contribution in [0, 0.1) is 10.1 Å². The van der Waals surface area contributed by atoms with Crippen LogP contribution in [0.3, 0.4) is 0 Å². The SMILES string of the molecule is CCOC(=O)C1CNCCN1c1c(Cl)cccc1[N+](=O)[O-]. The number of hydrogen-bond acceptors (Lipinski definition) is 6. The fourth-order valence-electron chi connectivity index (χ4n) is 2.36. The van der Waals surface area contributed by atoms with Gasteiger partial charge in [0, 0.05) is 25.7 Å². The average molecular weight is 314 g/mol. The van der Waals surface area contributed by atoms with Crippen molar-refractivity contribution in [1.82, 2.24) is 5.32 Å². The Morgan fingerprint density at radius 1 is 1.62 bits per heavy atom. The van der Waals surface area contributed by atoms with Crippen LogP contribution in [0.5, 0.6) is 0 Å². The molecular formula is C13H16ClN3O4. The highest BCUT2D eigenvalue weighted by Gasteiger charge is 2.34. The number of nitrogens with one attached hydrogen (secondary N) is 1. The van der Waals surface area contributed by atoms with E-state index in [4.69, 9.17) is 16.3 Å². The van der Waals surface area contributed by atoms with Crippen LogP contribution >= 0.6 is 11.6 Å². The lowest BCUT2D eigenvalue weighted by atomic mass is 10.1. The Kier molecular flexibility index (Phi) is 4.98. The quantitative estimate of drug-likeness (QED) is 0.516. The molecule has 1 atom stereocenters. The highest BCUT2D eigenvalue weighted by atomic mass is 35.5. The molecule has 1 fully saturated rings. The van der Waals surface area contributed by atoms with E-state index in [1.165, 1.54) is 12.1 Å². The molecule has 0 aromatic heterocycles. The lowest BCUT2D eigenvalue weighted by Crippen LogP contribution is -2.55. The second-order valence-corrected chi connectivity index (χ2v) is 4.94. The van der Waals surface area contributed by atoms with Gasteiger partial charge < -0.3 is 15.0 Å². The molecule has 1 unspecified atom stereocenters. The molecule has 21 heavy (non-hydrogen) atoms. The molecule has 0 saturated carbocycles. The molecule has 1 N–H and O–H groups in total. The van der Waals surface area contributed by atoms with Crippen molar-refractivity contribution in [2.24, 2.45) is 0 Å². The maximum atomic E-state index is 12.1. The molecule has 1 aromatic carbocycles. The van der Waals surface area contributed by atoms with Crippen LogP contribution in [0.4, 0.5) is 11.4 Å². The number of nitro groups is 1. The van der Waals surface area contributed by atoms with Gasteiger partial charge in [-0.25, -0.2) is 4.79 Å². The summed E-state index contributed by atoms with van der Waals surface area (Å²) < 4.78 is 5.04. The molecule has 8 heteroatoms. The van der Waals surface area contributed by atoms with Crippen molar-refractivity contribution in [2.45, 2.75) is 13.0 Å². The van der Waals surface area contributed by atoms with Gasteiger partial charge in [-0.15, -0.1) is 0 Å². The van der Waals surface area contributed by atoms with E-state index in [0.29, 0.717) is 19.6 Å². The van der Waals surface area contributed by atoms with Gasteiger partial charge in [0.2, 0.25) is 0 Å². The van der Waals surface area contributed by atoms with Crippen LogP contribution in [-0.4, -0.2) is 43.2 Å². The summed E-state index contributed by atoms with van der Waals surface area (Å²) in [6.07, 6.45) is 0. The number of ether oxygens (including phenoxy) is 1. The van der Waals surface area contributed by atoms with Gasteiger partial charge >= 0.3 is 5.97 Å². The molecule has 1 heterocycles. The first-order valence-corrected chi connectivity index (χ1v) is 7.01. The Morgan fingerprint density at radius 3 is 3.05 bits per heavy atom. The maximum absolute atomic E-state index is 12.1. The molecular weight excluding hydrogens is 298 g/mol. The van der Waals surface area contributed by atoms with Gasteiger partial charge in [0.1, 0.15) is 11.7 Å². The zero-order valence-electron chi connectivity index (χ0n) is 11.5. The number of anilines is 1. The molecule has 114 valence electrons. The third-order valence-electron chi connectivity index (χ3n) is 3.25. The number of para-hydroxylation sites is 1. The molecule has 0 amide bonds. The first-order valence-electron chi connectivity index (χ1n) is 6.63. The number of halogens is 1. The Labute approximate surface area is 127 Å². The van der Waals surface area contributed by atoms with Crippen LogP contribution in [-0.2, 0) is 9.53 Å². The Bertz CT molecular complexity index is 552. The van der Waals surface area contributed by atoms with E-state index in [0.717, 1.165) is 0 Å². The number of benzene rings is 1. The number of nitrogens with zero attached hydrogens (tertiary/aromatic N) is 2. The lowest BCUT2D eigenvalue weighted by molar-refractivity contribution is -0.384. The number of carbonyl (C=O) groups is 1. The number of rotatable bonds is 4.